The lowest BCUT2D eigenvalue weighted by Gasteiger charge is -2.32. The summed E-state index contributed by atoms with van der Waals surface area (Å²) in [6, 6.07) is 8.78. The molecule has 2 atom stereocenters. The molecule has 1 aliphatic rings. The van der Waals surface area contributed by atoms with E-state index in [0.717, 1.165) is 5.56 Å². The molecule has 0 aromatic heterocycles. The van der Waals surface area contributed by atoms with Crippen LogP contribution in [0.25, 0.3) is 0 Å². The average molecular weight is 333 g/mol. The van der Waals surface area contributed by atoms with Gasteiger partial charge < -0.3 is 14.3 Å². The fourth-order valence-electron chi connectivity index (χ4n) is 2.43. The van der Waals surface area contributed by atoms with Gasteiger partial charge in [0.1, 0.15) is 6.61 Å². The molecule has 0 bridgehead atoms. The van der Waals surface area contributed by atoms with Crippen molar-refractivity contribution in [2.75, 3.05) is 6.61 Å². The molecule has 1 aromatic rings. The van der Waals surface area contributed by atoms with Crippen molar-refractivity contribution in [2.45, 2.75) is 39.5 Å². The van der Waals surface area contributed by atoms with Crippen LogP contribution in [0.1, 0.15) is 26.3 Å². The van der Waals surface area contributed by atoms with Crippen molar-refractivity contribution < 1.29 is 23.9 Å². The van der Waals surface area contributed by atoms with Crippen molar-refractivity contribution in [3.05, 3.63) is 48.6 Å². The Morgan fingerprint density at radius 2 is 2.00 bits per heavy atom. The van der Waals surface area contributed by atoms with E-state index >= 15 is 0 Å². The van der Waals surface area contributed by atoms with Crippen molar-refractivity contribution in [3.8, 4) is 0 Å². The average Bonchev–Trinajstić information content (AvgIpc) is 2.83. The van der Waals surface area contributed by atoms with Gasteiger partial charge in [-0.3, -0.25) is 4.79 Å². The number of hydroxylamine groups is 2. The maximum atomic E-state index is 12.3. The molecule has 1 fully saturated rings. The Bertz CT molecular complexity index is 593. The lowest BCUT2D eigenvalue weighted by Crippen LogP contribution is -2.46. The smallest absolute Gasteiger partial charge is 0.441 e. The Morgan fingerprint density at radius 3 is 2.58 bits per heavy atom. The lowest BCUT2D eigenvalue weighted by atomic mass is 9.94. The summed E-state index contributed by atoms with van der Waals surface area (Å²) in [6.07, 6.45) is 0.242. The number of nitrogens with zero attached hydrogens (tertiary/aromatic N) is 1. The van der Waals surface area contributed by atoms with Gasteiger partial charge in [-0.05, 0) is 5.56 Å². The SMILES string of the molecule is C=CCOC(=O)ON1[C@H](C(C)(C)C)OC(=O)[C@@H]1Cc1ccccc1. The first kappa shape index (κ1) is 18.0. The van der Waals surface area contributed by atoms with Crippen LogP contribution in [0.15, 0.2) is 43.0 Å². The molecule has 0 radical (unpaired) electrons. The monoisotopic (exact) mass is 333 g/mol. The molecule has 0 aliphatic carbocycles. The third kappa shape index (κ3) is 4.35. The second kappa shape index (κ2) is 7.49. The fourth-order valence-corrected chi connectivity index (χ4v) is 2.43. The van der Waals surface area contributed by atoms with Crippen LogP contribution < -0.4 is 0 Å². The minimum atomic E-state index is -0.888. The van der Waals surface area contributed by atoms with Crippen LogP contribution in [0.4, 0.5) is 4.79 Å². The molecule has 2 rings (SSSR count). The predicted molar refractivity (Wildman–Crippen MR) is 87.7 cm³/mol. The first-order chi connectivity index (χ1) is 11.3. The topological polar surface area (TPSA) is 65.1 Å². The van der Waals surface area contributed by atoms with Crippen LogP contribution >= 0.6 is 0 Å². The van der Waals surface area contributed by atoms with Gasteiger partial charge in [0.25, 0.3) is 0 Å². The van der Waals surface area contributed by atoms with Gasteiger partial charge in [-0.25, -0.2) is 4.79 Å². The van der Waals surface area contributed by atoms with Crippen molar-refractivity contribution in [1.29, 1.82) is 0 Å². The van der Waals surface area contributed by atoms with Gasteiger partial charge in [-0.1, -0.05) is 68.8 Å². The number of hydrogen-bond acceptors (Lipinski definition) is 6. The van der Waals surface area contributed by atoms with Crippen LogP contribution in [-0.4, -0.2) is 36.1 Å². The van der Waals surface area contributed by atoms with E-state index in [1.807, 2.05) is 51.1 Å². The standard InChI is InChI=1S/C18H23NO5/c1-5-11-22-17(21)24-19-14(12-13-9-7-6-8-10-13)15(20)23-16(19)18(2,3)4/h5-10,14,16H,1,11-12H2,2-4H3/t14-,16-/m0/s1. The Kier molecular flexibility index (Phi) is 5.62. The van der Waals surface area contributed by atoms with E-state index in [1.54, 1.807) is 0 Å². The van der Waals surface area contributed by atoms with E-state index in [9.17, 15) is 9.59 Å². The van der Waals surface area contributed by atoms with E-state index in [0.29, 0.717) is 6.42 Å². The Balaban J connectivity index is 2.20. The van der Waals surface area contributed by atoms with E-state index in [4.69, 9.17) is 14.3 Å². The molecular formula is C18H23NO5. The van der Waals surface area contributed by atoms with Crippen molar-refractivity contribution in [2.24, 2.45) is 5.41 Å². The molecule has 0 N–H and O–H groups in total. The summed E-state index contributed by atoms with van der Waals surface area (Å²) in [6.45, 7) is 9.22. The van der Waals surface area contributed by atoms with Crippen molar-refractivity contribution in [1.82, 2.24) is 5.06 Å². The zero-order valence-electron chi connectivity index (χ0n) is 14.2. The molecule has 0 amide bonds. The molecule has 1 aliphatic heterocycles. The van der Waals surface area contributed by atoms with Crippen molar-refractivity contribution >= 4 is 12.1 Å². The maximum Gasteiger partial charge on any atom is 0.528 e. The summed E-state index contributed by atoms with van der Waals surface area (Å²) < 4.78 is 10.3. The summed E-state index contributed by atoms with van der Waals surface area (Å²) in [5.74, 6) is -0.421. The summed E-state index contributed by atoms with van der Waals surface area (Å²) in [5.41, 5.74) is 0.516. The highest BCUT2D eigenvalue weighted by Crippen LogP contribution is 2.34. The van der Waals surface area contributed by atoms with Gasteiger partial charge in [0, 0.05) is 11.8 Å². The Morgan fingerprint density at radius 1 is 1.33 bits per heavy atom. The number of esters is 1. The third-order valence-electron chi connectivity index (χ3n) is 3.55. The number of carbonyl (C=O) groups excluding carboxylic acids is 2. The highest BCUT2D eigenvalue weighted by molar-refractivity contribution is 5.78. The van der Waals surface area contributed by atoms with Crippen LogP contribution in [0.3, 0.4) is 0 Å². The second-order valence-electron chi connectivity index (χ2n) is 6.66. The highest BCUT2D eigenvalue weighted by Gasteiger charge is 2.50. The van der Waals surface area contributed by atoms with E-state index < -0.39 is 29.8 Å². The van der Waals surface area contributed by atoms with Crippen LogP contribution in [-0.2, 0) is 25.5 Å². The summed E-state index contributed by atoms with van der Waals surface area (Å²) >= 11 is 0. The quantitative estimate of drug-likeness (QED) is 0.609. The Hall–Kier alpha value is -2.34. The van der Waals surface area contributed by atoms with Crippen molar-refractivity contribution in [3.63, 3.8) is 0 Å². The number of ether oxygens (including phenoxy) is 2. The first-order valence-electron chi connectivity index (χ1n) is 7.81. The summed E-state index contributed by atoms with van der Waals surface area (Å²) in [7, 11) is 0. The van der Waals surface area contributed by atoms with E-state index in [2.05, 4.69) is 6.58 Å². The molecular weight excluding hydrogens is 310 g/mol. The normalized spacial score (nSPS) is 21.2. The van der Waals surface area contributed by atoms with Gasteiger partial charge in [0.2, 0.25) is 0 Å². The third-order valence-corrected chi connectivity index (χ3v) is 3.55. The zero-order chi connectivity index (χ0) is 17.7. The van der Waals surface area contributed by atoms with Crippen LogP contribution in [0, 0.1) is 5.41 Å². The molecule has 1 saturated heterocycles. The molecule has 6 nitrogen and oxygen atoms in total. The lowest BCUT2D eigenvalue weighted by molar-refractivity contribution is -0.215. The number of benzene rings is 1. The summed E-state index contributed by atoms with van der Waals surface area (Å²) in [4.78, 5) is 29.5. The molecule has 1 heterocycles. The Labute approximate surface area is 141 Å². The molecule has 130 valence electrons. The molecule has 6 heteroatoms. The predicted octanol–water partition coefficient (Wildman–Crippen LogP) is 3.08. The zero-order valence-corrected chi connectivity index (χ0v) is 14.2. The van der Waals surface area contributed by atoms with Crippen LogP contribution in [0.2, 0.25) is 0 Å². The van der Waals surface area contributed by atoms with Gasteiger partial charge in [0.05, 0.1) is 0 Å². The highest BCUT2D eigenvalue weighted by atomic mass is 16.8. The van der Waals surface area contributed by atoms with Gasteiger partial charge >= 0.3 is 12.1 Å². The van der Waals surface area contributed by atoms with Gasteiger partial charge in [0.15, 0.2) is 12.3 Å². The first-order valence-corrected chi connectivity index (χ1v) is 7.81. The molecule has 1 aromatic carbocycles. The molecule has 24 heavy (non-hydrogen) atoms. The maximum absolute atomic E-state index is 12.3. The van der Waals surface area contributed by atoms with Crippen LogP contribution in [0.5, 0.6) is 0 Å². The van der Waals surface area contributed by atoms with E-state index in [1.165, 1.54) is 11.1 Å². The largest absolute Gasteiger partial charge is 0.528 e. The molecule has 0 spiro atoms. The van der Waals surface area contributed by atoms with Gasteiger partial charge in [-0.15, -0.1) is 0 Å². The second-order valence-corrected chi connectivity index (χ2v) is 6.66. The number of cyclic esters (lactones) is 1. The summed E-state index contributed by atoms with van der Waals surface area (Å²) in [5, 5.41) is 1.31. The number of rotatable bonds is 5. The number of hydrogen-bond donors (Lipinski definition) is 0. The molecule has 0 unspecified atom stereocenters. The minimum absolute atomic E-state index is 0.0328. The minimum Gasteiger partial charge on any atom is -0.441 e. The fraction of sp³-hybridized carbons (Fsp3) is 0.444. The molecule has 0 saturated carbocycles. The van der Waals surface area contributed by atoms with Gasteiger partial charge in [-0.2, -0.15) is 0 Å². The van der Waals surface area contributed by atoms with E-state index in [-0.39, 0.29) is 6.61 Å². The number of carbonyl (C=O) groups is 2.